The summed E-state index contributed by atoms with van der Waals surface area (Å²) in [5.41, 5.74) is -4.22. The molecule has 0 unspecified atom stereocenters. The number of hydrogen-bond donors (Lipinski definition) is 3. The predicted molar refractivity (Wildman–Crippen MR) is 172 cm³/mol. The van der Waals surface area contributed by atoms with Gasteiger partial charge < -0.3 is 29.7 Å². The van der Waals surface area contributed by atoms with Crippen LogP contribution in [-0.2, 0) is 11.2 Å². The summed E-state index contributed by atoms with van der Waals surface area (Å²) in [6, 6.07) is 13.1. The lowest BCUT2D eigenvalue weighted by molar-refractivity contribution is -0.286. The molecule has 3 N–H and O–H groups in total. The van der Waals surface area contributed by atoms with Gasteiger partial charge in [-0.15, -0.1) is 8.78 Å². The minimum atomic E-state index is -4.03. The maximum atomic E-state index is 16.2. The second-order valence-electron chi connectivity index (χ2n) is 12.7. The van der Waals surface area contributed by atoms with Crippen LogP contribution in [0.25, 0.3) is 16.8 Å². The van der Waals surface area contributed by atoms with Gasteiger partial charge in [-0.2, -0.15) is 5.10 Å². The van der Waals surface area contributed by atoms with Crippen LogP contribution in [0, 0.1) is 11.6 Å². The molecule has 1 aliphatic heterocycles. The molecule has 50 heavy (non-hydrogen) atoms. The van der Waals surface area contributed by atoms with Gasteiger partial charge >= 0.3 is 6.29 Å². The Morgan fingerprint density at radius 3 is 2.54 bits per heavy atom. The Hall–Kier alpha value is -4.92. The number of hydrogen-bond acceptors (Lipinski definition) is 8. The van der Waals surface area contributed by atoms with Crippen molar-refractivity contribution in [3.63, 3.8) is 0 Å². The summed E-state index contributed by atoms with van der Waals surface area (Å²) in [7, 11) is 1.44. The van der Waals surface area contributed by atoms with Gasteiger partial charge in [0, 0.05) is 28.7 Å². The molecule has 15 heteroatoms. The molecule has 0 spiro atoms. The summed E-state index contributed by atoms with van der Waals surface area (Å²) in [4.78, 5) is 18.0. The summed E-state index contributed by atoms with van der Waals surface area (Å²) < 4.78 is 74.7. The number of carbonyl (C=O) groups excluding carboxylic acids is 1. The number of pyridine rings is 2. The Morgan fingerprint density at radius 2 is 1.86 bits per heavy atom. The third-order valence-electron chi connectivity index (χ3n) is 8.63. The molecule has 0 saturated heterocycles. The van der Waals surface area contributed by atoms with Crippen LogP contribution in [-0.4, -0.2) is 50.7 Å². The lowest BCUT2D eigenvalue weighted by atomic mass is 9.86. The highest BCUT2D eigenvalue weighted by Gasteiger charge is 2.45. The van der Waals surface area contributed by atoms with E-state index in [1.807, 2.05) is 6.07 Å². The number of fused-ring (bicyclic) bond motifs is 2. The van der Waals surface area contributed by atoms with Crippen LogP contribution in [0.5, 0.6) is 17.4 Å². The zero-order chi connectivity index (χ0) is 35.7. The standard InChI is InChI=1S/C35H29ClF4N4O6/c1-33(2,46)23-15-26(42-30(29(23)38)22-9-10-25-31(28(22)36)50-35(39,40)49-25)34(47,19-5-4-6-20(37)13-19)16-41-32(45)18-11-21-14-24(17-7-8-17)43-44(21)27(12-18)48-3/h4-6,9-15,17,46-47H,7-8,16H2,1-3H3,(H,41,45)/t34-/m1/s1. The normalized spacial score (nSPS) is 16.4. The second-order valence-corrected chi connectivity index (χ2v) is 13.1. The molecule has 5 aromatic rings. The highest BCUT2D eigenvalue weighted by molar-refractivity contribution is 6.35. The third kappa shape index (κ3) is 5.97. The molecule has 1 saturated carbocycles. The quantitative estimate of drug-likeness (QED) is 0.149. The molecule has 10 nitrogen and oxygen atoms in total. The predicted octanol–water partition coefficient (Wildman–Crippen LogP) is 6.43. The Balaban J connectivity index is 1.33. The summed E-state index contributed by atoms with van der Waals surface area (Å²) in [6.45, 7) is 1.93. The Morgan fingerprint density at radius 1 is 1.10 bits per heavy atom. The van der Waals surface area contributed by atoms with E-state index in [-0.39, 0.29) is 33.8 Å². The molecule has 1 amide bonds. The number of nitrogens with one attached hydrogen (secondary N) is 1. The van der Waals surface area contributed by atoms with E-state index >= 15 is 4.39 Å². The van der Waals surface area contributed by atoms with Gasteiger partial charge in [0.05, 0.1) is 41.2 Å². The Labute approximate surface area is 287 Å². The minimum absolute atomic E-state index is 0.0844. The van der Waals surface area contributed by atoms with Gasteiger partial charge in [-0.1, -0.05) is 23.7 Å². The minimum Gasteiger partial charge on any atom is -0.481 e. The average molecular weight is 713 g/mol. The molecule has 3 aromatic heterocycles. The SMILES string of the molecule is COc1cc(C(=O)NC[C@@](O)(c2cccc(F)c2)c2cc(C(C)(C)O)c(F)c(-c3ccc4c(c3Cl)OC(F)(F)O4)n2)cc2cc(C3CC3)nn12. The summed E-state index contributed by atoms with van der Waals surface area (Å²) >= 11 is 6.42. The number of halogens is 5. The van der Waals surface area contributed by atoms with Crippen LogP contribution in [0.4, 0.5) is 17.6 Å². The lowest BCUT2D eigenvalue weighted by Crippen LogP contribution is -2.43. The van der Waals surface area contributed by atoms with E-state index in [9.17, 15) is 28.2 Å². The van der Waals surface area contributed by atoms with E-state index in [1.54, 1.807) is 10.6 Å². The summed E-state index contributed by atoms with van der Waals surface area (Å²) in [6.07, 6.45) is -1.99. The van der Waals surface area contributed by atoms with Crippen LogP contribution in [0.2, 0.25) is 5.02 Å². The number of ether oxygens (including phenoxy) is 3. The second kappa shape index (κ2) is 11.9. The van der Waals surface area contributed by atoms with Crippen LogP contribution < -0.4 is 19.5 Å². The molecule has 1 atom stereocenters. The fourth-order valence-corrected chi connectivity index (χ4v) is 6.15. The van der Waals surface area contributed by atoms with Gasteiger partial charge in [-0.05, 0) is 74.7 Å². The smallest absolute Gasteiger partial charge is 0.481 e. The summed E-state index contributed by atoms with van der Waals surface area (Å²) in [5.74, 6) is -2.83. The van der Waals surface area contributed by atoms with Gasteiger partial charge in [0.15, 0.2) is 17.3 Å². The number of aromatic nitrogens is 3. The van der Waals surface area contributed by atoms with Gasteiger partial charge in [0.2, 0.25) is 5.88 Å². The van der Waals surface area contributed by atoms with Crippen molar-refractivity contribution in [2.75, 3.05) is 13.7 Å². The largest absolute Gasteiger partial charge is 0.586 e. The number of rotatable bonds is 9. The fraction of sp³-hybridized carbons (Fsp3) is 0.286. The van der Waals surface area contributed by atoms with Crippen molar-refractivity contribution in [3.8, 4) is 28.6 Å². The first-order valence-electron chi connectivity index (χ1n) is 15.4. The first-order valence-corrected chi connectivity index (χ1v) is 15.8. The van der Waals surface area contributed by atoms with Crippen molar-refractivity contribution < 1.29 is 46.8 Å². The first kappa shape index (κ1) is 33.6. The number of alkyl halides is 2. The molecule has 260 valence electrons. The van der Waals surface area contributed by atoms with E-state index in [1.165, 1.54) is 39.2 Å². The van der Waals surface area contributed by atoms with Crippen LogP contribution in [0.1, 0.15) is 65.5 Å². The Bertz CT molecular complexity index is 2190. The number of carbonyl (C=O) groups is 1. The highest BCUT2D eigenvalue weighted by atomic mass is 35.5. The first-order chi connectivity index (χ1) is 23.6. The van der Waals surface area contributed by atoms with Crippen molar-refractivity contribution in [1.29, 1.82) is 0 Å². The topological polar surface area (TPSA) is 127 Å². The van der Waals surface area contributed by atoms with E-state index < -0.39 is 63.8 Å². The van der Waals surface area contributed by atoms with Gasteiger partial charge in [-0.3, -0.25) is 4.79 Å². The molecule has 1 fully saturated rings. The number of methoxy groups -OCH3 is 1. The van der Waals surface area contributed by atoms with Crippen molar-refractivity contribution in [2.45, 2.75) is 50.1 Å². The fourth-order valence-electron chi connectivity index (χ4n) is 5.87. The van der Waals surface area contributed by atoms with E-state index in [4.69, 9.17) is 16.3 Å². The van der Waals surface area contributed by atoms with Crippen LogP contribution in [0.3, 0.4) is 0 Å². The monoisotopic (exact) mass is 712 g/mol. The van der Waals surface area contributed by atoms with Gasteiger partial charge in [-0.25, -0.2) is 18.3 Å². The molecule has 2 aromatic carbocycles. The van der Waals surface area contributed by atoms with Crippen molar-refractivity contribution >= 4 is 23.0 Å². The number of nitrogens with zero attached hydrogens (tertiary/aromatic N) is 3. The maximum Gasteiger partial charge on any atom is 0.586 e. The zero-order valence-corrected chi connectivity index (χ0v) is 27.5. The van der Waals surface area contributed by atoms with Gasteiger partial charge in [0.1, 0.15) is 17.1 Å². The molecule has 2 aliphatic rings. The third-order valence-corrected chi connectivity index (χ3v) is 9.00. The van der Waals surface area contributed by atoms with E-state index in [2.05, 4.69) is 24.9 Å². The molecule has 4 heterocycles. The van der Waals surface area contributed by atoms with E-state index in [0.29, 0.717) is 11.4 Å². The lowest BCUT2D eigenvalue weighted by Gasteiger charge is -2.31. The van der Waals surface area contributed by atoms with Crippen molar-refractivity contribution in [2.24, 2.45) is 0 Å². The molecule has 0 bridgehead atoms. The van der Waals surface area contributed by atoms with Crippen molar-refractivity contribution in [1.82, 2.24) is 19.9 Å². The molecule has 1 aliphatic carbocycles. The molecular formula is C35H29ClF4N4O6. The zero-order valence-electron chi connectivity index (χ0n) is 26.7. The highest BCUT2D eigenvalue weighted by Crippen LogP contribution is 2.50. The molecule has 0 radical (unpaired) electrons. The van der Waals surface area contributed by atoms with Crippen LogP contribution in [0.15, 0.2) is 60.7 Å². The number of amides is 1. The summed E-state index contributed by atoms with van der Waals surface area (Å²) in [5, 5.41) is 30.2. The van der Waals surface area contributed by atoms with Crippen LogP contribution >= 0.6 is 11.6 Å². The molecule has 7 rings (SSSR count). The average Bonchev–Trinajstić information content (AvgIpc) is 3.73. The van der Waals surface area contributed by atoms with Crippen molar-refractivity contribution in [3.05, 3.63) is 105 Å². The van der Waals surface area contributed by atoms with E-state index in [0.717, 1.165) is 48.9 Å². The number of aliphatic hydroxyl groups is 2. The number of benzene rings is 2. The van der Waals surface area contributed by atoms with Gasteiger partial charge in [0.25, 0.3) is 5.91 Å². The molecular weight excluding hydrogens is 684 g/mol. The Kier molecular flexibility index (Phi) is 7.96. The maximum absolute atomic E-state index is 16.2.